The summed E-state index contributed by atoms with van der Waals surface area (Å²) in [4.78, 5) is 24.5. The Kier molecular flexibility index (Phi) is 5.46. The first kappa shape index (κ1) is 17.5. The average Bonchev–Trinajstić information content (AvgIpc) is 2.77. The van der Waals surface area contributed by atoms with Crippen molar-refractivity contribution in [1.29, 1.82) is 0 Å². The van der Waals surface area contributed by atoms with Crippen molar-refractivity contribution in [3.05, 3.63) is 27.3 Å². The molecule has 0 aliphatic rings. The summed E-state index contributed by atoms with van der Waals surface area (Å²) < 4.78 is 1.67. The van der Waals surface area contributed by atoms with E-state index in [0.29, 0.717) is 28.3 Å². The molecule has 0 radical (unpaired) electrons. The fourth-order valence-corrected chi connectivity index (χ4v) is 2.41. The Morgan fingerprint density at radius 3 is 2.83 bits per heavy atom. The summed E-state index contributed by atoms with van der Waals surface area (Å²) in [6.07, 6.45) is 6.12. The maximum absolute atomic E-state index is 12.2. The molecule has 0 saturated heterocycles. The number of hydrogen-bond acceptors (Lipinski definition) is 4. The molecule has 0 aliphatic carbocycles. The second-order valence-electron chi connectivity index (χ2n) is 6.44. The van der Waals surface area contributed by atoms with Crippen molar-refractivity contribution >= 4 is 29.0 Å². The quantitative estimate of drug-likeness (QED) is 0.495. The summed E-state index contributed by atoms with van der Waals surface area (Å²) in [7, 11) is 0. The number of aryl methyl sites for hydroxylation is 1. The van der Waals surface area contributed by atoms with Crippen LogP contribution in [0.15, 0.2) is 16.1 Å². The molecule has 0 aliphatic heterocycles. The number of oxime groups is 1. The third kappa shape index (κ3) is 4.34. The van der Waals surface area contributed by atoms with E-state index in [1.165, 1.54) is 6.20 Å². The lowest BCUT2D eigenvalue weighted by atomic mass is 10.2. The number of imidazole rings is 1. The van der Waals surface area contributed by atoms with Gasteiger partial charge in [-0.1, -0.05) is 36.5 Å². The molecule has 0 unspecified atom stereocenters. The normalized spacial score (nSPS) is 12.4. The van der Waals surface area contributed by atoms with Gasteiger partial charge >= 0.3 is 5.69 Å². The Hall–Kier alpha value is -1.82. The molecule has 1 N–H and O–H groups in total. The number of H-pyrrole nitrogens is 1. The lowest BCUT2D eigenvalue weighted by molar-refractivity contribution is 0.00200. The molecule has 7 heteroatoms. The van der Waals surface area contributed by atoms with Crippen LogP contribution in [0.2, 0.25) is 5.02 Å². The Labute approximate surface area is 140 Å². The van der Waals surface area contributed by atoms with Gasteiger partial charge in [-0.2, -0.15) is 0 Å². The van der Waals surface area contributed by atoms with Crippen LogP contribution in [0.5, 0.6) is 0 Å². The molecule has 6 nitrogen and oxygen atoms in total. The van der Waals surface area contributed by atoms with Crippen LogP contribution >= 0.6 is 11.6 Å². The van der Waals surface area contributed by atoms with Crippen LogP contribution in [0.1, 0.15) is 52.5 Å². The predicted molar refractivity (Wildman–Crippen MR) is 93.3 cm³/mol. The molecule has 0 spiro atoms. The summed E-state index contributed by atoms with van der Waals surface area (Å²) in [5.74, 6) is 0. The van der Waals surface area contributed by atoms with E-state index in [-0.39, 0.29) is 5.69 Å². The van der Waals surface area contributed by atoms with Crippen LogP contribution in [0.25, 0.3) is 11.2 Å². The topological polar surface area (TPSA) is 72.3 Å². The number of hydrogen-bond donors (Lipinski definition) is 1. The lowest BCUT2D eigenvalue weighted by Crippen LogP contribution is -2.17. The Morgan fingerprint density at radius 2 is 2.17 bits per heavy atom. The van der Waals surface area contributed by atoms with Gasteiger partial charge in [0.2, 0.25) is 0 Å². The maximum atomic E-state index is 12.2. The molecule has 2 heterocycles. The van der Waals surface area contributed by atoms with Crippen molar-refractivity contribution < 1.29 is 4.84 Å². The first-order chi connectivity index (χ1) is 10.8. The van der Waals surface area contributed by atoms with Crippen molar-refractivity contribution in [3.8, 4) is 0 Å². The molecule has 0 fully saturated rings. The molecule has 2 aromatic rings. The SMILES string of the molecule is CCCCCn1c(=O)[nH]c2ncc(Cl)c(/C=N/OC(C)(C)C)c21. The van der Waals surface area contributed by atoms with E-state index in [1.54, 1.807) is 10.8 Å². The van der Waals surface area contributed by atoms with Crippen molar-refractivity contribution in [3.63, 3.8) is 0 Å². The number of aromatic amines is 1. The van der Waals surface area contributed by atoms with Gasteiger partial charge in [-0.15, -0.1) is 0 Å². The van der Waals surface area contributed by atoms with Gasteiger partial charge in [-0.3, -0.25) is 9.55 Å². The number of aromatic nitrogens is 3. The van der Waals surface area contributed by atoms with Crippen LogP contribution in [-0.4, -0.2) is 26.4 Å². The van der Waals surface area contributed by atoms with Gasteiger partial charge in [0.25, 0.3) is 0 Å². The number of halogens is 1. The molecular formula is C16H23ClN4O2. The zero-order chi connectivity index (χ0) is 17.0. The minimum atomic E-state index is -0.395. The molecule has 126 valence electrons. The molecule has 0 amide bonds. The maximum Gasteiger partial charge on any atom is 0.327 e. The number of nitrogens with one attached hydrogen (secondary N) is 1. The van der Waals surface area contributed by atoms with Crippen molar-refractivity contribution in [2.45, 2.75) is 59.1 Å². The Balaban J connectivity index is 2.45. The van der Waals surface area contributed by atoms with Gasteiger partial charge in [-0.05, 0) is 27.2 Å². The largest absolute Gasteiger partial charge is 0.390 e. The number of fused-ring (bicyclic) bond motifs is 1. The van der Waals surface area contributed by atoms with E-state index < -0.39 is 5.60 Å². The van der Waals surface area contributed by atoms with Gasteiger partial charge in [-0.25, -0.2) is 9.78 Å². The number of pyridine rings is 1. The number of nitrogens with zero attached hydrogens (tertiary/aromatic N) is 3. The van der Waals surface area contributed by atoms with Crippen molar-refractivity contribution in [2.24, 2.45) is 5.16 Å². The minimum absolute atomic E-state index is 0.183. The first-order valence-corrected chi connectivity index (χ1v) is 8.20. The van der Waals surface area contributed by atoms with E-state index in [0.717, 1.165) is 19.3 Å². The molecule has 2 rings (SSSR count). The monoisotopic (exact) mass is 338 g/mol. The summed E-state index contributed by atoms with van der Waals surface area (Å²) in [6.45, 7) is 8.47. The molecule has 0 saturated carbocycles. The van der Waals surface area contributed by atoms with Gasteiger partial charge < -0.3 is 4.84 Å². The zero-order valence-corrected chi connectivity index (χ0v) is 14.8. The fraction of sp³-hybridized carbons (Fsp3) is 0.562. The minimum Gasteiger partial charge on any atom is -0.390 e. The standard InChI is InChI=1S/C16H23ClN4O2/c1-5-6-7-8-21-13-11(9-19-23-16(2,3)4)12(17)10-18-14(13)20-15(21)22/h9-10H,5-8H2,1-4H3,(H,18,20,22)/b19-9+. The van der Waals surface area contributed by atoms with Crippen LogP contribution in [0.3, 0.4) is 0 Å². The van der Waals surface area contributed by atoms with E-state index in [1.807, 2.05) is 20.8 Å². The highest BCUT2D eigenvalue weighted by atomic mass is 35.5. The molecule has 0 bridgehead atoms. The smallest absolute Gasteiger partial charge is 0.327 e. The lowest BCUT2D eigenvalue weighted by Gasteiger charge is -2.15. The van der Waals surface area contributed by atoms with Gasteiger partial charge in [0.15, 0.2) is 5.65 Å². The van der Waals surface area contributed by atoms with E-state index in [2.05, 4.69) is 22.0 Å². The van der Waals surface area contributed by atoms with Gasteiger partial charge in [0, 0.05) is 18.3 Å². The second kappa shape index (κ2) is 7.17. The van der Waals surface area contributed by atoms with E-state index in [9.17, 15) is 4.79 Å². The summed E-state index contributed by atoms with van der Waals surface area (Å²) >= 11 is 6.26. The summed E-state index contributed by atoms with van der Waals surface area (Å²) in [5, 5.41) is 4.44. The van der Waals surface area contributed by atoms with Crippen LogP contribution in [0, 0.1) is 0 Å². The van der Waals surface area contributed by atoms with Gasteiger partial charge in [0.05, 0.1) is 16.8 Å². The second-order valence-corrected chi connectivity index (χ2v) is 6.85. The fourth-order valence-electron chi connectivity index (χ4n) is 2.22. The molecule has 0 aromatic carbocycles. The molecule has 0 atom stereocenters. The zero-order valence-electron chi connectivity index (χ0n) is 14.0. The predicted octanol–water partition coefficient (Wildman–Crippen LogP) is 3.72. The van der Waals surface area contributed by atoms with Crippen LogP contribution in [0.4, 0.5) is 0 Å². The van der Waals surface area contributed by atoms with E-state index >= 15 is 0 Å². The molecule has 2 aromatic heterocycles. The highest BCUT2D eigenvalue weighted by Gasteiger charge is 2.15. The highest BCUT2D eigenvalue weighted by molar-refractivity contribution is 6.34. The third-order valence-electron chi connectivity index (χ3n) is 3.28. The first-order valence-electron chi connectivity index (χ1n) is 7.82. The summed E-state index contributed by atoms with van der Waals surface area (Å²) in [5.41, 5.74) is 1.23. The van der Waals surface area contributed by atoms with E-state index in [4.69, 9.17) is 16.4 Å². The number of unbranched alkanes of at least 4 members (excludes halogenated alkanes) is 2. The van der Waals surface area contributed by atoms with Gasteiger partial charge in [0.1, 0.15) is 5.60 Å². The van der Waals surface area contributed by atoms with Crippen molar-refractivity contribution in [2.75, 3.05) is 0 Å². The molecule has 23 heavy (non-hydrogen) atoms. The Bertz CT molecular complexity index is 756. The van der Waals surface area contributed by atoms with Crippen LogP contribution in [-0.2, 0) is 11.4 Å². The molecular weight excluding hydrogens is 316 g/mol. The summed E-state index contributed by atoms with van der Waals surface area (Å²) in [6, 6.07) is 0. The third-order valence-corrected chi connectivity index (χ3v) is 3.58. The average molecular weight is 339 g/mol. The van der Waals surface area contributed by atoms with Crippen molar-refractivity contribution in [1.82, 2.24) is 14.5 Å². The Morgan fingerprint density at radius 1 is 1.43 bits per heavy atom. The van der Waals surface area contributed by atoms with Crippen LogP contribution < -0.4 is 5.69 Å². The number of rotatable bonds is 6. The highest BCUT2D eigenvalue weighted by Crippen LogP contribution is 2.22.